The van der Waals surface area contributed by atoms with Crippen molar-refractivity contribution in [2.45, 2.75) is 31.5 Å². The minimum absolute atomic E-state index is 0.0294. The minimum atomic E-state index is -4.48. The summed E-state index contributed by atoms with van der Waals surface area (Å²) < 4.78 is 38.2. The summed E-state index contributed by atoms with van der Waals surface area (Å²) in [5, 5.41) is 6.86. The number of anilines is 1. The van der Waals surface area contributed by atoms with Gasteiger partial charge in [-0.3, -0.25) is 4.79 Å². The molecule has 0 atom stereocenters. The molecule has 1 amide bonds. The zero-order valence-electron chi connectivity index (χ0n) is 13.3. The standard InChI is InChI=1S/C16H17F3N4OS/c17-16(18,19)13-8-14(21-10-20-13)23-4-1-12(2-5-23)22-15(24)7-11-3-6-25-9-11/h3,6,8-10,12H,1-2,4-5,7H2,(H,22,24). The van der Waals surface area contributed by atoms with E-state index in [0.29, 0.717) is 32.4 Å². The summed E-state index contributed by atoms with van der Waals surface area (Å²) in [4.78, 5) is 21.0. The van der Waals surface area contributed by atoms with Gasteiger partial charge in [0.1, 0.15) is 17.8 Å². The summed E-state index contributed by atoms with van der Waals surface area (Å²) in [5.41, 5.74) is 0.0456. The third-order valence-corrected chi connectivity index (χ3v) is 4.80. The van der Waals surface area contributed by atoms with Crippen LogP contribution in [0, 0.1) is 0 Å². The zero-order valence-corrected chi connectivity index (χ0v) is 14.1. The number of halogens is 3. The monoisotopic (exact) mass is 370 g/mol. The van der Waals surface area contributed by atoms with Gasteiger partial charge in [-0.1, -0.05) is 0 Å². The first-order chi connectivity index (χ1) is 11.9. The fraction of sp³-hybridized carbons (Fsp3) is 0.438. The van der Waals surface area contributed by atoms with Crippen molar-refractivity contribution in [2.24, 2.45) is 0 Å². The van der Waals surface area contributed by atoms with Gasteiger partial charge in [-0.25, -0.2) is 9.97 Å². The van der Waals surface area contributed by atoms with Gasteiger partial charge in [0.25, 0.3) is 0 Å². The highest BCUT2D eigenvalue weighted by molar-refractivity contribution is 7.08. The maximum atomic E-state index is 12.7. The predicted molar refractivity (Wildman–Crippen MR) is 88.4 cm³/mol. The van der Waals surface area contributed by atoms with E-state index >= 15 is 0 Å². The molecular weight excluding hydrogens is 353 g/mol. The van der Waals surface area contributed by atoms with Crippen molar-refractivity contribution in [2.75, 3.05) is 18.0 Å². The number of rotatable bonds is 4. The smallest absolute Gasteiger partial charge is 0.356 e. The van der Waals surface area contributed by atoms with Crippen LogP contribution >= 0.6 is 11.3 Å². The zero-order chi connectivity index (χ0) is 17.9. The van der Waals surface area contributed by atoms with Gasteiger partial charge >= 0.3 is 6.18 Å². The van der Waals surface area contributed by atoms with Gasteiger partial charge in [-0.15, -0.1) is 0 Å². The molecule has 3 rings (SSSR count). The molecule has 0 spiro atoms. The third-order valence-electron chi connectivity index (χ3n) is 4.07. The van der Waals surface area contributed by atoms with Crippen molar-refractivity contribution >= 4 is 23.1 Å². The second kappa shape index (κ2) is 7.38. The number of nitrogens with one attached hydrogen (secondary N) is 1. The molecular formula is C16H17F3N4OS. The van der Waals surface area contributed by atoms with Crippen LogP contribution in [0.5, 0.6) is 0 Å². The Morgan fingerprint density at radius 2 is 2.08 bits per heavy atom. The maximum Gasteiger partial charge on any atom is 0.433 e. The van der Waals surface area contributed by atoms with Gasteiger partial charge in [0.2, 0.25) is 5.91 Å². The van der Waals surface area contributed by atoms with Crippen LogP contribution in [0.1, 0.15) is 24.1 Å². The van der Waals surface area contributed by atoms with E-state index in [0.717, 1.165) is 18.0 Å². The number of piperidine rings is 1. The lowest BCUT2D eigenvalue weighted by Crippen LogP contribution is -2.45. The van der Waals surface area contributed by atoms with Crippen molar-refractivity contribution in [3.8, 4) is 0 Å². The first kappa shape index (κ1) is 17.7. The molecule has 0 unspecified atom stereocenters. The van der Waals surface area contributed by atoms with Crippen molar-refractivity contribution in [1.82, 2.24) is 15.3 Å². The molecule has 0 aliphatic carbocycles. The van der Waals surface area contributed by atoms with Gasteiger partial charge in [0.05, 0.1) is 6.42 Å². The highest BCUT2D eigenvalue weighted by Crippen LogP contribution is 2.29. The number of hydrogen-bond acceptors (Lipinski definition) is 5. The molecule has 25 heavy (non-hydrogen) atoms. The van der Waals surface area contributed by atoms with E-state index in [9.17, 15) is 18.0 Å². The molecule has 1 N–H and O–H groups in total. The number of carbonyl (C=O) groups excluding carboxylic acids is 1. The Morgan fingerprint density at radius 1 is 1.32 bits per heavy atom. The molecule has 1 aliphatic heterocycles. The Bertz CT molecular complexity index is 712. The number of thiophene rings is 1. The minimum Gasteiger partial charge on any atom is -0.356 e. The summed E-state index contributed by atoms with van der Waals surface area (Å²) in [7, 11) is 0. The molecule has 9 heteroatoms. The molecule has 0 saturated carbocycles. The van der Waals surface area contributed by atoms with Gasteiger partial charge < -0.3 is 10.2 Å². The quantitative estimate of drug-likeness (QED) is 0.899. The Hall–Kier alpha value is -2.16. The number of hydrogen-bond donors (Lipinski definition) is 1. The highest BCUT2D eigenvalue weighted by Gasteiger charge is 2.33. The second-order valence-corrected chi connectivity index (χ2v) is 6.68. The molecule has 0 bridgehead atoms. The number of amides is 1. The molecule has 3 heterocycles. The van der Waals surface area contributed by atoms with E-state index in [1.807, 2.05) is 16.8 Å². The van der Waals surface area contributed by atoms with Crippen LogP contribution in [0.25, 0.3) is 0 Å². The van der Waals surface area contributed by atoms with E-state index < -0.39 is 11.9 Å². The molecule has 134 valence electrons. The average Bonchev–Trinajstić information content (AvgIpc) is 3.08. The average molecular weight is 370 g/mol. The van der Waals surface area contributed by atoms with Gasteiger partial charge in [0, 0.05) is 25.2 Å². The van der Waals surface area contributed by atoms with Crippen LogP contribution in [0.4, 0.5) is 19.0 Å². The van der Waals surface area contributed by atoms with Gasteiger partial charge in [-0.2, -0.15) is 24.5 Å². The van der Waals surface area contributed by atoms with E-state index in [2.05, 4.69) is 15.3 Å². The Kier molecular flexibility index (Phi) is 5.22. The van der Waals surface area contributed by atoms with E-state index in [-0.39, 0.29) is 17.8 Å². The SMILES string of the molecule is O=C(Cc1ccsc1)NC1CCN(c2cc(C(F)(F)F)ncn2)CC1. The van der Waals surface area contributed by atoms with E-state index in [1.54, 1.807) is 16.2 Å². The summed E-state index contributed by atoms with van der Waals surface area (Å²) in [5.74, 6) is 0.239. The van der Waals surface area contributed by atoms with Crippen molar-refractivity contribution in [3.63, 3.8) is 0 Å². The summed E-state index contributed by atoms with van der Waals surface area (Å²) in [6.45, 7) is 1.08. The molecule has 2 aromatic rings. The first-order valence-electron chi connectivity index (χ1n) is 7.86. The van der Waals surface area contributed by atoms with Crippen molar-refractivity contribution < 1.29 is 18.0 Å². The van der Waals surface area contributed by atoms with E-state index in [1.165, 1.54) is 0 Å². The summed E-state index contributed by atoms with van der Waals surface area (Å²) >= 11 is 1.55. The molecule has 1 aliphatic rings. The number of carbonyl (C=O) groups is 1. The number of aromatic nitrogens is 2. The second-order valence-electron chi connectivity index (χ2n) is 5.90. The fourth-order valence-electron chi connectivity index (χ4n) is 2.79. The summed E-state index contributed by atoms with van der Waals surface area (Å²) in [6.07, 6.45) is -1.86. The number of nitrogens with zero attached hydrogens (tertiary/aromatic N) is 3. The van der Waals surface area contributed by atoms with Crippen LogP contribution in [-0.4, -0.2) is 35.0 Å². The van der Waals surface area contributed by atoms with Crippen LogP contribution in [-0.2, 0) is 17.4 Å². The summed E-state index contributed by atoms with van der Waals surface area (Å²) in [6, 6.07) is 2.92. The maximum absolute atomic E-state index is 12.7. The lowest BCUT2D eigenvalue weighted by molar-refractivity contribution is -0.141. The van der Waals surface area contributed by atoms with Crippen LogP contribution in [0.15, 0.2) is 29.2 Å². The van der Waals surface area contributed by atoms with Gasteiger partial charge in [-0.05, 0) is 35.2 Å². The van der Waals surface area contributed by atoms with Crippen molar-refractivity contribution in [1.29, 1.82) is 0 Å². The first-order valence-corrected chi connectivity index (χ1v) is 8.81. The predicted octanol–water partition coefficient (Wildman–Crippen LogP) is 2.88. The number of alkyl halides is 3. The molecule has 2 aromatic heterocycles. The van der Waals surface area contributed by atoms with Crippen LogP contribution in [0.2, 0.25) is 0 Å². The topological polar surface area (TPSA) is 58.1 Å². The molecule has 1 fully saturated rings. The fourth-order valence-corrected chi connectivity index (χ4v) is 3.45. The molecule has 1 saturated heterocycles. The van der Waals surface area contributed by atoms with E-state index in [4.69, 9.17) is 0 Å². The normalized spacial score (nSPS) is 16.0. The Morgan fingerprint density at radius 3 is 2.72 bits per heavy atom. The Balaban J connectivity index is 1.52. The van der Waals surface area contributed by atoms with Crippen molar-refractivity contribution in [3.05, 3.63) is 40.5 Å². The molecule has 5 nitrogen and oxygen atoms in total. The third kappa shape index (κ3) is 4.68. The highest BCUT2D eigenvalue weighted by atomic mass is 32.1. The molecule has 0 aromatic carbocycles. The Labute approximate surface area is 146 Å². The lowest BCUT2D eigenvalue weighted by atomic mass is 10.0. The molecule has 0 radical (unpaired) electrons. The van der Waals surface area contributed by atoms with Crippen LogP contribution in [0.3, 0.4) is 0 Å². The van der Waals surface area contributed by atoms with Gasteiger partial charge in [0.15, 0.2) is 0 Å². The lowest BCUT2D eigenvalue weighted by Gasteiger charge is -2.33. The van der Waals surface area contributed by atoms with Crippen LogP contribution < -0.4 is 10.2 Å². The largest absolute Gasteiger partial charge is 0.433 e.